The number of halogens is 1. The number of nitrogens with zero attached hydrogens (tertiary/aromatic N) is 3. The zero-order valence-corrected chi connectivity index (χ0v) is 11.1. The van der Waals surface area contributed by atoms with Crippen molar-refractivity contribution in [2.45, 2.75) is 12.3 Å². The Bertz CT molecular complexity index is 498. The van der Waals surface area contributed by atoms with Crippen molar-refractivity contribution >= 4 is 15.9 Å². The summed E-state index contributed by atoms with van der Waals surface area (Å²) in [7, 11) is 1.84. The van der Waals surface area contributed by atoms with Crippen LogP contribution in [0.15, 0.2) is 34.9 Å². The molecule has 0 radical (unpaired) electrons. The van der Waals surface area contributed by atoms with Crippen molar-refractivity contribution in [2.75, 3.05) is 6.61 Å². The van der Waals surface area contributed by atoms with E-state index in [0.29, 0.717) is 6.42 Å². The molecule has 0 aliphatic rings. The van der Waals surface area contributed by atoms with Crippen molar-refractivity contribution in [3.63, 3.8) is 0 Å². The molecule has 1 aromatic carbocycles. The van der Waals surface area contributed by atoms with Crippen LogP contribution in [0.4, 0.5) is 0 Å². The zero-order valence-electron chi connectivity index (χ0n) is 9.55. The molecule has 0 saturated heterocycles. The minimum absolute atomic E-state index is 0.0438. The molecule has 1 atom stereocenters. The molecular formula is C12H14BrN3O. The summed E-state index contributed by atoms with van der Waals surface area (Å²) in [6, 6.07) is 7.93. The molecule has 0 fully saturated rings. The smallest absolute Gasteiger partial charge is 0.0833 e. The predicted octanol–water partition coefficient (Wildman–Crippen LogP) is 1.90. The molecule has 90 valence electrons. The van der Waals surface area contributed by atoms with Crippen LogP contribution in [0.3, 0.4) is 0 Å². The molecule has 0 amide bonds. The lowest BCUT2D eigenvalue weighted by Crippen LogP contribution is -2.08. The number of benzene rings is 1. The maximum absolute atomic E-state index is 9.50. The van der Waals surface area contributed by atoms with E-state index in [-0.39, 0.29) is 12.5 Å². The molecule has 0 spiro atoms. The first-order valence-corrected chi connectivity index (χ1v) is 6.20. The molecule has 1 unspecified atom stereocenters. The number of aromatic nitrogens is 3. The summed E-state index contributed by atoms with van der Waals surface area (Å²) < 4.78 is 2.69. The van der Waals surface area contributed by atoms with E-state index in [1.54, 1.807) is 4.68 Å². The third-order valence-corrected chi connectivity index (χ3v) is 3.39. The van der Waals surface area contributed by atoms with Gasteiger partial charge in [0.15, 0.2) is 0 Å². The highest BCUT2D eigenvalue weighted by molar-refractivity contribution is 9.10. The van der Waals surface area contributed by atoms with Crippen molar-refractivity contribution < 1.29 is 5.11 Å². The number of aliphatic hydroxyl groups is 1. The summed E-state index contributed by atoms with van der Waals surface area (Å²) in [5.41, 5.74) is 1.99. The summed E-state index contributed by atoms with van der Waals surface area (Å²) in [6.45, 7) is 0.0964. The molecule has 1 aromatic heterocycles. The van der Waals surface area contributed by atoms with Crippen molar-refractivity contribution in [1.29, 1.82) is 0 Å². The van der Waals surface area contributed by atoms with E-state index < -0.39 is 0 Å². The highest BCUT2D eigenvalue weighted by atomic mass is 79.9. The SMILES string of the molecule is Cn1cc(CC(CO)c2ccccc2Br)nn1. The van der Waals surface area contributed by atoms with E-state index in [1.807, 2.05) is 37.5 Å². The summed E-state index contributed by atoms with van der Waals surface area (Å²) in [5.74, 6) is 0.0438. The fourth-order valence-corrected chi connectivity index (χ4v) is 2.43. The van der Waals surface area contributed by atoms with Gasteiger partial charge in [0.05, 0.1) is 12.3 Å². The Morgan fingerprint density at radius 3 is 2.76 bits per heavy atom. The summed E-state index contributed by atoms with van der Waals surface area (Å²) in [4.78, 5) is 0. The van der Waals surface area contributed by atoms with Crippen molar-refractivity contribution in [3.8, 4) is 0 Å². The van der Waals surface area contributed by atoms with E-state index in [0.717, 1.165) is 15.7 Å². The zero-order chi connectivity index (χ0) is 12.3. The van der Waals surface area contributed by atoms with E-state index >= 15 is 0 Å². The average molecular weight is 296 g/mol. The average Bonchev–Trinajstić information content (AvgIpc) is 2.73. The highest BCUT2D eigenvalue weighted by Gasteiger charge is 2.15. The fourth-order valence-electron chi connectivity index (χ4n) is 1.82. The number of aryl methyl sites for hydroxylation is 1. The molecular weight excluding hydrogens is 282 g/mol. The van der Waals surface area contributed by atoms with E-state index in [9.17, 15) is 5.11 Å². The van der Waals surface area contributed by atoms with Crippen LogP contribution in [-0.2, 0) is 13.5 Å². The number of rotatable bonds is 4. The van der Waals surface area contributed by atoms with E-state index in [4.69, 9.17) is 0 Å². The Morgan fingerprint density at radius 1 is 1.41 bits per heavy atom. The maximum atomic E-state index is 9.50. The van der Waals surface area contributed by atoms with Crippen LogP contribution in [-0.4, -0.2) is 26.7 Å². The van der Waals surface area contributed by atoms with Crippen molar-refractivity contribution in [3.05, 3.63) is 46.2 Å². The van der Waals surface area contributed by atoms with Gasteiger partial charge in [-0.2, -0.15) is 0 Å². The Labute approximate surface area is 108 Å². The Hall–Kier alpha value is -1.20. The van der Waals surface area contributed by atoms with Gasteiger partial charge in [0.2, 0.25) is 0 Å². The largest absolute Gasteiger partial charge is 0.396 e. The molecule has 0 saturated carbocycles. The number of aliphatic hydroxyl groups excluding tert-OH is 1. The molecule has 0 bridgehead atoms. The molecule has 5 heteroatoms. The normalized spacial score (nSPS) is 12.6. The van der Waals surface area contributed by atoms with Gasteiger partial charge in [-0.15, -0.1) is 5.10 Å². The summed E-state index contributed by atoms with van der Waals surface area (Å²) in [5, 5.41) is 17.4. The number of hydrogen-bond acceptors (Lipinski definition) is 3. The molecule has 17 heavy (non-hydrogen) atoms. The van der Waals surface area contributed by atoms with Crippen LogP contribution in [0.2, 0.25) is 0 Å². The van der Waals surface area contributed by atoms with Crippen LogP contribution < -0.4 is 0 Å². The first-order valence-electron chi connectivity index (χ1n) is 5.41. The molecule has 1 N–H and O–H groups in total. The molecule has 2 aromatic rings. The lowest BCUT2D eigenvalue weighted by molar-refractivity contribution is 0.263. The van der Waals surface area contributed by atoms with Gasteiger partial charge in [-0.1, -0.05) is 39.3 Å². The van der Waals surface area contributed by atoms with Gasteiger partial charge in [0.25, 0.3) is 0 Å². The van der Waals surface area contributed by atoms with Gasteiger partial charge >= 0.3 is 0 Å². The summed E-state index contributed by atoms with van der Waals surface area (Å²) >= 11 is 3.50. The Morgan fingerprint density at radius 2 is 2.18 bits per heavy atom. The monoisotopic (exact) mass is 295 g/mol. The van der Waals surface area contributed by atoms with Gasteiger partial charge in [-0.25, -0.2) is 0 Å². The van der Waals surface area contributed by atoms with E-state index in [2.05, 4.69) is 26.2 Å². The lowest BCUT2D eigenvalue weighted by Gasteiger charge is -2.14. The lowest BCUT2D eigenvalue weighted by atomic mass is 9.95. The minimum atomic E-state index is 0.0438. The maximum Gasteiger partial charge on any atom is 0.0833 e. The van der Waals surface area contributed by atoms with Crippen molar-refractivity contribution in [2.24, 2.45) is 7.05 Å². The predicted molar refractivity (Wildman–Crippen MR) is 68.7 cm³/mol. The van der Waals surface area contributed by atoms with Gasteiger partial charge in [0, 0.05) is 30.1 Å². The fraction of sp³-hybridized carbons (Fsp3) is 0.333. The van der Waals surface area contributed by atoms with Crippen LogP contribution in [0.25, 0.3) is 0 Å². The molecule has 1 heterocycles. The van der Waals surface area contributed by atoms with Crippen LogP contribution in [0.5, 0.6) is 0 Å². The molecule has 4 nitrogen and oxygen atoms in total. The second-order valence-electron chi connectivity index (χ2n) is 3.99. The number of hydrogen-bond donors (Lipinski definition) is 1. The van der Waals surface area contributed by atoms with Gasteiger partial charge in [-0.05, 0) is 11.6 Å². The topological polar surface area (TPSA) is 50.9 Å². The van der Waals surface area contributed by atoms with Crippen LogP contribution in [0, 0.1) is 0 Å². The minimum Gasteiger partial charge on any atom is -0.396 e. The van der Waals surface area contributed by atoms with E-state index in [1.165, 1.54) is 0 Å². The molecule has 0 aliphatic carbocycles. The first kappa shape index (κ1) is 12.3. The first-order chi connectivity index (χ1) is 8.20. The van der Waals surface area contributed by atoms with Crippen LogP contribution in [0.1, 0.15) is 17.2 Å². The van der Waals surface area contributed by atoms with Gasteiger partial charge in [-0.3, -0.25) is 4.68 Å². The second-order valence-corrected chi connectivity index (χ2v) is 4.84. The molecule has 2 rings (SSSR count). The quantitative estimate of drug-likeness (QED) is 0.937. The third kappa shape index (κ3) is 2.92. The second kappa shape index (κ2) is 5.42. The Balaban J connectivity index is 2.20. The highest BCUT2D eigenvalue weighted by Crippen LogP contribution is 2.26. The summed E-state index contributed by atoms with van der Waals surface area (Å²) in [6.07, 6.45) is 2.56. The van der Waals surface area contributed by atoms with Crippen LogP contribution >= 0.6 is 15.9 Å². The third-order valence-electron chi connectivity index (χ3n) is 2.67. The standard InChI is InChI=1S/C12H14BrN3O/c1-16-7-10(14-15-16)6-9(8-17)11-4-2-3-5-12(11)13/h2-5,7,9,17H,6,8H2,1H3. The van der Waals surface area contributed by atoms with Gasteiger partial charge in [0.1, 0.15) is 0 Å². The Kier molecular flexibility index (Phi) is 3.91. The van der Waals surface area contributed by atoms with Gasteiger partial charge < -0.3 is 5.11 Å². The molecule has 0 aliphatic heterocycles. The van der Waals surface area contributed by atoms with Crippen molar-refractivity contribution in [1.82, 2.24) is 15.0 Å².